The minimum atomic E-state index is -1.42. The van der Waals surface area contributed by atoms with E-state index in [1.54, 1.807) is 6.92 Å². The van der Waals surface area contributed by atoms with Crippen molar-refractivity contribution in [2.75, 3.05) is 32.1 Å². The molecule has 0 spiro atoms. The first kappa shape index (κ1) is 27.2. The number of amides is 2. The zero-order valence-corrected chi connectivity index (χ0v) is 19.9. The van der Waals surface area contributed by atoms with Gasteiger partial charge >= 0.3 is 5.97 Å². The molecule has 0 unspecified atom stereocenters. The number of esters is 1. The highest BCUT2D eigenvalue weighted by molar-refractivity contribution is 8.04. The number of rotatable bonds is 12. The van der Waals surface area contributed by atoms with Crippen molar-refractivity contribution >= 4 is 41.1 Å². The van der Waals surface area contributed by atoms with E-state index in [2.05, 4.69) is 20.8 Å². The molecule has 186 valence electrons. The Morgan fingerprint density at radius 2 is 1.94 bits per heavy atom. The van der Waals surface area contributed by atoms with Crippen LogP contribution in [0.5, 0.6) is 0 Å². The largest absolute Gasteiger partial charge is 0.461 e. The molecule has 1 heterocycles. The van der Waals surface area contributed by atoms with Crippen molar-refractivity contribution in [3.05, 3.63) is 27.9 Å². The number of carbonyl (C=O) groups excluding carboxylic acids is 5. The molecule has 0 radical (unpaired) electrons. The third-order valence-corrected chi connectivity index (χ3v) is 5.95. The Morgan fingerprint density at radius 3 is 2.59 bits per heavy atom. The number of aromatic nitrogens is 2. The number of Topliss-reactive ketones (excluding diaryl/α,β-unsaturated/α-hetero) is 1. The summed E-state index contributed by atoms with van der Waals surface area (Å²) >= 11 is 1.05. The molecule has 34 heavy (non-hydrogen) atoms. The van der Waals surface area contributed by atoms with Crippen LogP contribution in [0.4, 0.5) is 0 Å². The Labute approximate surface area is 199 Å². The minimum absolute atomic E-state index is 0.00553. The van der Waals surface area contributed by atoms with Crippen LogP contribution in [0.25, 0.3) is 0 Å². The number of aromatic amines is 1. The minimum Gasteiger partial charge on any atom is -0.461 e. The molecule has 0 saturated heterocycles. The van der Waals surface area contributed by atoms with E-state index >= 15 is 0 Å². The molecule has 0 aromatic carbocycles. The van der Waals surface area contributed by atoms with Gasteiger partial charge in [0.1, 0.15) is 11.8 Å². The lowest BCUT2D eigenvalue weighted by Gasteiger charge is -2.27. The summed E-state index contributed by atoms with van der Waals surface area (Å²) in [4.78, 5) is 61.0. The molecule has 13 heteroatoms. The van der Waals surface area contributed by atoms with Gasteiger partial charge in [-0.1, -0.05) is 13.8 Å². The average molecular weight is 497 g/mol. The summed E-state index contributed by atoms with van der Waals surface area (Å²) in [6.07, 6.45) is -0.302. The van der Waals surface area contributed by atoms with Crippen LogP contribution in [0.3, 0.4) is 0 Å². The summed E-state index contributed by atoms with van der Waals surface area (Å²) in [6.45, 7) is 4.56. The molecule has 0 aliphatic heterocycles. The second-order valence-electron chi connectivity index (χ2n) is 8.03. The number of hydrogen-bond donors (Lipinski definition) is 5. The Bertz CT molecular complexity index is 1000. The number of carbonyl (C=O) groups is 5. The van der Waals surface area contributed by atoms with E-state index < -0.39 is 35.0 Å². The highest BCUT2D eigenvalue weighted by atomic mass is 32.2. The number of hydrogen-bond acceptors (Lipinski definition) is 10. The van der Waals surface area contributed by atoms with Gasteiger partial charge in [-0.25, -0.2) is 4.79 Å². The zero-order chi connectivity index (χ0) is 25.5. The van der Waals surface area contributed by atoms with Crippen molar-refractivity contribution in [1.29, 1.82) is 0 Å². The molecule has 1 aliphatic rings. The predicted molar refractivity (Wildman–Crippen MR) is 121 cm³/mol. The van der Waals surface area contributed by atoms with Gasteiger partial charge in [-0.05, 0) is 6.92 Å². The topological polar surface area (TPSA) is 188 Å². The van der Waals surface area contributed by atoms with Crippen LogP contribution >= 0.6 is 11.8 Å². The Balaban J connectivity index is 1.79. The van der Waals surface area contributed by atoms with Crippen LogP contribution < -0.4 is 10.6 Å². The summed E-state index contributed by atoms with van der Waals surface area (Å²) in [5.74, 6) is -2.61. The molecule has 2 amide bonds. The standard InChI is InChI=1S/C21H28N4O8S/c1-4-33-20(32)16-14-15(24-25-16)11(27)9-12(17(14)29)34-8-7-22-13(28)5-6-23-19(31)18(30)21(2,3)10-26/h9,18,26,30H,4-8,10H2,1-3H3,(H,22,28)(H,23,31)(H,24,25)/t18-/m0/s1. The Kier molecular flexibility index (Phi) is 9.53. The van der Waals surface area contributed by atoms with Gasteiger partial charge in [0, 0.05) is 36.8 Å². The second-order valence-corrected chi connectivity index (χ2v) is 9.17. The molecule has 12 nitrogen and oxygen atoms in total. The number of nitrogens with one attached hydrogen (secondary N) is 3. The van der Waals surface area contributed by atoms with E-state index in [-0.39, 0.29) is 66.2 Å². The van der Waals surface area contributed by atoms with Crippen molar-refractivity contribution in [3.8, 4) is 0 Å². The van der Waals surface area contributed by atoms with Gasteiger partial charge in [-0.15, -0.1) is 11.8 Å². The third-order valence-electron chi connectivity index (χ3n) is 4.92. The average Bonchev–Trinajstić information content (AvgIpc) is 3.25. The lowest BCUT2D eigenvalue weighted by atomic mass is 9.87. The first-order valence-corrected chi connectivity index (χ1v) is 11.5. The number of allylic oxidation sites excluding steroid dienone is 2. The molecule has 1 aliphatic carbocycles. The summed E-state index contributed by atoms with van der Waals surface area (Å²) in [7, 11) is 0. The monoisotopic (exact) mass is 496 g/mol. The number of ketones is 2. The van der Waals surface area contributed by atoms with Crippen LogP contribution in [-0.4, -0.2) is 87.9 Å². The molecule has 0 bridgehead atoms. The molecule has 2 rings (SSSR count). The smallest absolute Gasteiger partial charge is 0.359 e. The number of ether oxygens (including phenoxy) is 1. The molecule has 1 atom stereocenters. The van der Waals surface area contributed by atoms with Gasteiger partial charge in [0.05, 0.1) is 23.7 Å². The number of fused-ring (bicyclic) bond motifs is 1. The third kappa shape index (κ3) is 6.52. The van der Waals surface area contributed by atoms with Crippen molar-refractivity contribution in [2.45, 2.75) is 33.3 Å². The van der Waals surface area contributed by atoms with Crippen molar-refractivity contribution in [2.24, 2.45) is 5.41 Å². The van der Waals surface area contributed by atoms with Gasteiger partial charge in [0.15, 0.2) is 5.69 Å². The lowest BCUT2D eigenvalue weighted by molar-refractivity contribution is -0.137. The molecular weight excluding hydrogens is 468 g/mol. The van der Waals surface area contributed by atoms with Crippen molar-refractivity contribution in [1.82, 2.24) is 20.8 Å². The van der Waals surface area contributed by atoms with Crippen LogP contribution in [-0.2, 0) is 14.3 Å². The SMILES string of the molecule is CCOC(=O)c1n[nH]c2c1C(=O)C(SCCNC(=O)CCNC(=O)[C@H](O)C(C)(C)CO)=CC2=O. The fourth-order valence-corrected chi connectivity index (χ4v) is 3.70. The summed E-state index contributed by atoms with van der Waals surface area (Å²) in [5, 5.41) is 30.3. The van der Waals surface area contributed by atoms with Gasteiger partial charge in [-0.2, -0.15) is 5.10 Å². The van der Waals surface area contributed by atoms with E-state index in [0.29, 0.717) is 0 Å². The van der Waals surface area contributed by atoms with Gasteiger partial charge in [0.25, 0.3) is 0 Å². The van der Waals surface area contributed by atoms with Gasteiger partial charge in [0.2, 0.25) is 23.4 Å². The molecule has 0 saturated carbocycles. The lowest BCUT2D eigenvalue weighted by Crippen LogP contribution is -2.46. The number of nitrogens with zero attached hydrogens (tertiary/aromatic N) is 1. The molecular formula is C21H28N4O8S. The van der Waals surface area contributed by atoms with Crippen LogP contribution in [0.15, 0.2) is 11.0 Å². The van der Waals surface area contributed by atoms with Gasteiger partial charge < -0.3 is 25.6 Å². The van der Waals surface area contributed by atoms with E-state index in [1.807, 2.05) is 0 Å². The van der Waals surface area contributed by atoms with Crippen LogP contribution in [0.1, 0.15) is 58.5 Å². The Hall–Kier alpha value is -3.03. The van der Waals surface area contributed by atoms with E-state index in [9.17, 15) is 34.2 Å². The normalized spacial score (nSPS) is 14.2. The molecule has 0 fully saturated rings. The maximum Gasteiger partial charge on any atom is 0.359 e. The van der Waals surface area contributed by atoms with Crippen molar-refractivity contribution < 1.29 is 38.9 Å². The number of aliphatic hydroxyl groups is 2. The van der Waals surface area contributed by atoms with E-state index in [1.165, 1.54) is 13.8 Å². The maximum absolute atomic E-state index is 12.8. The van der Waals surface area contributed by atoms with Crippen LogP contribution in [0.2, 0.25) is 0 Å². The zero-order valence-electron chi connectivity index (χ0n) is 19.1. The summed E-state index contributed by atoms with van der Waals surface area (Å²) in [5.41, 5.74) is -1.45. The molecule has 1 aromatic rings. The predicted octanol–water partition coefficient (Wildman–Crippen LogP) is -0.416. The highest BCUT2D eigenvalue weighted by Gasteiger charge is 2.34. The van der Waals surface area contributed by atoms with E-state index in [0.717, 1.165) is 17.8 Å². The maximum atomic E-state index is 12.8. The number of H-pyrrole nitrogens is 1. The molecule has 1 aromatic heterocycles. The summed E-state index contributed by atoms with van der Waals surface area (Å²) in [6, 6.07) is 0. The first-order valence-electron chi connectivity index (χ1n) is 10.6. The number of thioether (sulfide) groups is 1. The molecule has 5 N–H and O–H groups in total. The van der Waals surface area contributed by atoms with Crippen molar-refractivity contribution in [3.63, 3.8) is 0 Å². The highest BCUT2D eigenvalue weighted by Crippen LogP contribution is 2.29. The van der Waals surface area contributed by atoms with E-state index in [4.69, 9.17) is 4.74 Å². The Morgan fingerprint density at radius 1 is 1.24 bits per heavy atom. The van der Waals surface area contributed by atoms with Crippen LogP contribution in [0, 0.1) is 5.41 Å². The quantitative estimate of drug-likeness (QED) is 0.188. The fourth-order valence-electron chi connectivity index (χ4n) is 2.85. The van der Waals surface area contributed by atoms with Gasteiger partial charge in [-0.3, -0.25) is 24.3 Å². The fraction of sp³-hybridized carbons (Fsp3) is 0.524. The number of aliphatic hydroxyl groups excluding tert-OH is 2. The second kappa shape index (κ2) is 11.9. The summed E-state index contributed by atoms with van der Waals surface area (Å²) < 4.78 is 4.87. The first-order chi connectivity index (χ1) is 16.0.